The Balaban J connectivity index is 1.93. The second-order valence-electron chi connectivity index (χ2n) is 4.64. The molecular weight excluding hydrogens is 308 g/mol. The Hall–Kier alpha value is -1.93. The number of imidazole rings is 1. The van der Waals surface area contributed by atoms with Crippen molar-refractivity contribution < 1.29 is 8.42 Å². The van der Waals surface area contributed by atoms with Crippen molar-refractivity contribution in [2.45, 2.75) is 25.3 Å². The van der Waals surface area contributed by atoms with Crippen molar-refractivity contribution >= 4 is 36.7 Å². The van der Waals surface area contributed by atoms with Crippen molar-refractivity contribution in [1.29, 1.82) is 0 Å². The summed E-state index contributed by atoms with van der Waals surface area (Å²) in [6.45, 7) is 3.89. The number of aryl methyl sites for hydroxylation is 2. The van der Waals surface area contributed by atoms with E-state index in [0.717, 1.165) is 15.8 Å². The van der Waals surface area contributed by atoms with Crippen molar-refractivity contribution in [3.63, 3.8) is 0 Å². The Bertz CT molecular complexity index is 896. The molecule has 0 aliphatic heterocycles. The molecule has 8 heteroatoms. The van der Waals surface area contributed by atoms with Crippen LogP contribution in [0.2, 0.25) is 0 Å². The van der Waals surface area contributed by atoms with Gasteiger partial charge in [-0.15, -0.1) is 0 Å². The summed E-state index contributed by atoms with van der Waals surface area (Å²) in [6, 6.07) is 5.81. The highest BCUT2D eigenvalue weighted by Gasteiger charge is 2.19. The number of hydrogen-bond acceptors (Lipinski definition) is 5. The Kier molecular flexibility index (Phi) is 3.42. The van der Waals surface area contributed by atoms with E-state index in [-0.39, 0.29) is 5.03 Å². The number of H-pyrrole nitrogens is 1. The van der Waals surface area contributed by atoms with Crippen LogP contribution in [-0.4, -0.2) is 23.4 Å². The maximum Gasteiger partial charge on any atom is 0.280 e. The minimum absolute atomic E-state index is 0.0507. The van der Waals surface area contributed by atoms with Gasteiger partial charge in [-0.25, -0.2) is 9.97 Å². The minimum Gasteiger partial charge on any atom is -0.332 e. The molecule has 0 saturated carbocycles. The Morgan fingerprint density at radius 2 is 2.19 bits per heavy atom. The number of fused-ring (bicyclic) bond motifs is 1. The van der Waals surface area contributed by atoms with Gasteiger partial charge < -0.3 is 4.98 Å². The molecule has 0 amide bonds. The first-order valence-corrected chi connectivity index (χ1v) is 8.72. The second-order valence-corrected chi connectivity index (χ2v) is 7.32. The van der Waals surface area contributed by atoms with E-state index in [1.54, 1.807) is 0 Å². The maximum absolute atomic E-state index is 12.3. The van der Waals surface area contributed by atoms with Crippen LogP contribution in [0.1, 0.15) is 18.3 Å². The van der Waals surface area contributed by atoms with E-state index >= 15 is 0 Å². The summed E-state index contributed by atoms with van der Waals surface area (Å²) < 4.78 is 28.0. The lowest BCUT2D eigenvalue weighted by atomic mass is 10.2. The fraction of sp³-hybridized carbons (Fsp3) is 0.231. The van der Waals surface area contributed by atoms with E-state index in [0.29, 0.717) is 17.4 Å². The molecule has 0 atom stereocenters. The predicted octanol–water partition coefficient (Wildman–Crippen LogP) is 2.69. The number of thiazole rings is 1. The van der Waals surface area contributed by atoms with Crippen LogP contribution in [-0.2, 0) is 16.4 Å². The zero-order chi connectivity index (χ0) is 15.0. The molecule has 2 heterocycles. The smallest absolute Gasteiger partial charge is 0.280 e. The molecule has 21 heavy (non-hydrogen) atoms. The van der Waals surface area contributed by atoms with Gasteiger partial charge in [-0.2, -0.15) is 8.42 Å². The van der Waals surface area contributed by atoms with Crippen molar-refractivity contribution in [3.05, 3.63) is 35.8 Å². The first kappa shape index (κ1) is 14.0. The highest BCUT2D eigenvalue weighted by Crippen LogP contribution is 2.28. The number of rotatable bonds is 4. The van der Waals surface area contributed by atoms with E-state index in [9.17, 15) is 8.42 Å². The third-order valence-electron chi connectivity index (χ3n) is 3.00. The zero-order valence-electron chi connectivity index (χ0n) is 11.5. The third-order valence-corrected chi connectivity index (χ3v) is 5.31. The number of anilines is 1. The first-order chi connectivity index (χ1) is 9.98. The molecule has 110 valence electrons. The Morgan fingerprint density at radius 1 is 1.38 bits per heavy atom. The standard InChI is InChI=1S/C13H14N4O2S2/c1-3-11-14-7-12(16-11)21(18,19)17-13-15-9-5-4-8(2)6-10(9)20-13/h4-7H,3H2,1-2H3,(H,14,16)(H,15,17). The molecular formula is C13H14N4O2S2. The second kappa shape index (κ2) is 5.12. The normalized spacial score (nSPS) is 11.9. The number of benzene rings is 1. The van der Waals surface area contributed by atoms with Gasteiger partial charge >= 0.3 is 0 Å². The van der Waals surface area contributed by atoms with Crippen LogP contribution in [0.4, 0.5) is 5.13 Å². The number of hydrogen-bond donors (Lipinski definition) is 2. The van der Waals surface area contributed by atoms with Gasteiger partial charge in [0, 0.05) is 6.42 Å². The van der Waals surface area contributed by atoms with Gasteiger partial charge in [0.1, 0.15) is 5.82 Å². The predicted molar refractivity (Wildman–Crippen MR) is 83.1 cm³/mol. The van der Waals surface area contributed by atoms with Gasteiger partial charge in [-0.1, -0.05) is 24.3 Å². The van der Waals surface area contributed by atoms with Crippen molar-refractivity contribution in [3.8, 4) is 0 Å². The molecule has 6 nitrogen and oxygen atoms in total. The largest absolute Gasteiger partial charge is 0.332 e. The van der Waals surface area contributed by atoms with Gasteiger partial charge in [0.15, 0.2) is 10.2 Å². The van der Waals surface area contributed by atoms with Crippen LogP contribution in [0.3, 0.4) is 0 Å². The maximum atomic E-state index is 12.3. The van der Waals surface area contributed by atoms with Gasteiger partial charge in [0.05, 0.1) is 16.4 Å². The van der Waals surface area contributed by atoms with E-state index < -0.39 is 10.0 Å². The van der Waals surface area contributed by atoms with Crippen LogP contribution in [0.15, 0.2) is 29.4 Å². The molecule has 2 aromatic heterocycles. The SMILES string of the molecule is CCc1ncc(S(=O)(=O)Nc2nc3ccc(C)cc3s2)[nH]1. The summed E-state index contributed by atoms with van der Waals surface area (Å²) in [4.78, 5) is 11.1. The number of sulfonamides is 1. The summed E-state index contributed by atoms with van der Waals surface area (Å²) >= 11 is 1.31. The minimum atomic E-state index is -3.68. The molecule has 0 bridgehead atoms. The van der Waals surface area contributed by atoms with E-state index in [4.69, 9.17) is 0 Å². The topological polar surface area (TPSA) is 87.7 Å². The number of aromatic amines is 1. The Morgan fingerprint density at radius 3 is 2.90 bits per heavy atom. The van der Waals surface area contributed by atoms with E-state index in [1.165, 1.54) is 17.5 Å². The number of aromatic nitrogens is 3. The molecule has 0 unspecified atom stereocenters. The van der Waals surface area contributed by atoms with Gasteiger partial charge in [0.2, 0.25) is 0 Å². The lowest BCUT2D eigenvalue weighted by Gasteiger charge is -2.01. The fourth-order valence-corrected chi connectivity index (χ4v) is 4.05. The molecule has 0 aliphatic rings. The summed E-state index contributed by atoms with van der Waals surface area (Å²) in [5, 5.41) is 0.401. The third kappa shape index (κ3) is 2.77. The lowest BCUT2D eigenvalue weighted by molar-refractivity contribution is 0.598. The summed E-state index contributed by atoms with van der Waals surface area (Å²) in [5.74, 6) is 0.635. The molecule has 0 spiro atoms. The monoisotopic (exact) mass is 322 g/mol. The van der Waals surface area contributed by atoms with E-state index in [1.807, 2.05) is 32.0 Å². The average Bonchev–Trinajstić information content (AvgIpc) is 3.03. The number of nitrogens with zero attached hydrogens (tertiary/aromatic N) is 2. The molecule has 0 fully saturated rings. The molecule has 0 saturated heterocycles. The van der Waals surface area contributed by atoms with Gasteiger partial charge in [-0.3, -0.25) is 4.72 Å². The molecule has 2 N–H and O–H groups in total. The van der Waals surface area contributed by atoms with Gasteiger partial charge in [0.25, 0.3) is 10.0 Å². The Labute approximate surface area is 126 Å². The summed E-state index contributed by atoms with van der Waals surface area (Å²) in [7, 11) is -3.68. The molecule has 0 aliphatic carbocycles. The highest BCUT2D eigenvalue weighted by atomic mass is 32.2. The molecule has 3 aromatic rings. The van der Waals surface area contributed by atoms with E-state index in [2.05, 4.69) is 19.7 Å². The lowest BCUT2D eigenvalue weighted by Crippen LogP contribution is -2.13. The highest BCUT2D eigenvalue weighted by molar-refractivity contribution is 7.92. The van der Waals surface area contributed by atoms with Crippen molar-refractivity contribution in [1.82, 2.24) is 15.0 Å². The quantitative estimate of drug-likeness (QED) is 0.773. The molecule has 0 radical (unpaired) electrons. The van der Waals surface area contributed by atoms with Crippen LogP contribution >= 0.6 is 11.3 Å². The van der Waals surface area contributed by atoms with Crippen molar-refractivity contribution in [2.75, 3.05) is 4.72 Å². The van der Waals surface area contributed by atoms with Crippen LogP contribution < -0.4 is 4.72 Å². The van der Waals surface area contributed by atoms with Crippen LogP contribution in [0.5, 0.6) is 0 Å². The molecule has 1 aromatic carbocycles. The molecule has 3 rings (SSSR count). The van der Waals surface area contributed by atoms with Crippen LogP contribution in [0.25, 0.3) is 10.2 Å². The number of nitrogens with one attached hydrogen (secondary N) is 2. The van der Waals surface area contributed by atoms with Crippen molar-refractivity contribution in [2.24, 2.45) is 0 Å². The zero-order valence-corrected chi connectivity index (χ0v) is 13.2. The summed E-state index contributed by atoms with van der Waals surface area (Å²) in [5.41, 5.74) is 1.89. The van der Waals surface area contributed by atoms with Crippen LogP contribution in [0, 0.1) is 6.92 Å². The summed E-state index contributed by atoms with van der Waals surface area (Å²) in [6.07, 6.45) is 1.97. The average molecular weight is 322 g/mol. The first-order valence-electron chi connectivity index (χ1n) is 6.42. The van der Waals surface area contributed by atoms with Gasteiger partial charge in [-0.05, 0) is 24.6 Å². The fourth-order valence-electron chi connectivity index (χ4n) is 1.90.